The second-order valence-corrected chi connectivity index (χ2v) is 4.06. The van der Waals surface area contributed by atoms with Crippen molar-refractivity contribution in [3.63, 3.8) is 0 Å². The number of nitriles is 1. The normalized spacial score (nSPS) is 9.89. The van der Waals surface area contributed by atoms with Gasteiger partial charge >= 0.3 is 0 Å². The van der Waals surface area contributed by atoms with Gasteiger partial charge in [0, 0.05) is 30.9 Å². The number of ketones is 1. The number of carbonyl (C=O) groups excluding carboxylic acids is 1. The van der Waals surface area contributed by atoms with Crippen molar-refractivity contribution in [2.75, 3.05) is 24.6 Å². The van der Waals surface area contributed by atoms with Gasteiger partial charge in [0.15, 0.2) is 5.78 Å². The number of carbonyl (C=O) groups is 1. The Balaban J connectivity index is 3.16. The van der Waals surface area contributed by atoms with Crippen LogP contribution in [0.4, 0.5) is 5.69 Å². The van der Waals surface area contributed by atoms with E-state index in [-0.39, 0.29) is 12.4 Å². The fraction of sp³-hybridized carbons (Fsp3) is 0.429. The average molecular weight is 246 g/mol. The predicted octanol–water partition coefficient (Wildman–Crippen LogP) is 1.97. The molecule has 0 saturated carbocycles. The van der Waals surface area contributed by atoms with E-state index in [1.807, 2.05) is 11.8 Å². The molecule has 0 aliphatic carbocycles. The number of hydrogen-bond donors (Lipinski definition) is 1. The Morgan fingerprint density at radius 3 is 2.72 bits per heavy atom. The minimum atomic E-state index is -0.0167. The predicted molar refractivity (Wildman–Crippen MR) is 70.8 cm³/mol. The Morgan fingerprint density at radius 1 is 1.50 bits per heavy atom. The standard InChI is InChI=1S/C14H18N2O2/c1-3-16(7-4-8-17)14-9-12(10-15)5-6-13(14)11(2)18/h5-6,9,17H,3-4,7-8H2,1-2H3. The van der Waals surface area contributed by atoms with Crippen molar-refractivity contribution in [2.24, 2.45) is 0 Å². The highest BCUT2D eigenvalue weighted by molar-refractivity contribution is 6.00. The van der Waals surface area contributed by atoms with Gasteiger partial charge in [0.05, 0.1) is 11.6 Å². The Labute approximate surface area is 107 Å². The molecule has 4 heteroatoms. The molecule has 0 saturated heterocycles. The zero-order valence-corrected chi connectivity index (χ0v) is 10.8. The first-order valence-corrected chi connectivity index (χ1v) is 6.05. The lowest BCUT2D eigenvalue weighted by Gasteiger charge is -2.25. The van der Waals surface area contributed by atoms with Crippen molar-refractivity contribution in [1.29, 1.82) is 5.26 Å². The van der Waals surface area contributed by atoms with Crippen molar-refractivity contribution in [1.82, 2.24) is 0 Å². The first kappa shape index (κ1) is 14.2. The van der Waals surface area contributed by atoms with Crippen LogP contribution in [0.1, 0.15) is 36.2 Å². The van der Waals surface area contributed by atoms with Crippen molar-refractivity contribution >= 4 is 11.5 Å². The first-order valence-electron chi connectivity index (χ1n) is 6.05. The fourth-order valence-corrected chi connectivity index (χ4v) is 1.87. The molecule has 96 valence electrons. The smallest absolute Gasteiger partial charge is 0.161 e. The van der Waals surface area contributed by atoms with Crippen LogP contribution in [0.25, 0.3) is 0 Å². The highest BCUT2D eigenvalue weighted by atomic mass is 16.3. The van der Waals surface area contributed by atoms with Crippen LogP contribution < -0.4 is 4.90 Å². The van der Waals surface area contributed by atoms with E-state index in [1.54, 1.807) is 18.2 Å². The summed E-state index contributed by atoms with van der Waals surface area (Å²) in [6, 6.07) is 7.16. The summed E-state index contributed by atoms with van der Waals surface area (Å²) < 4.78 is 0. The zero-order valence-electron chi connectivity index (χ0n) is 10.8. The number of nitrogens with zero attached hydrogens (tertiary/aromatic N) is 2. The highest BCUT2D eigenvalue weighted by Crippen LogP contribution is 2.23. The Morgan fingerprint density at radius 2 is 2.22 bits per heavy atom. The largest absolute Gasteiger partial charge is 0.396 e. The topological polar surface area (TPSA) is 64.3 Å². The summed E-state index contributed by atoms with van der Waals surface area (Å²) in [6.07, 6.45) is 0.641. The maximum atomic E-state index is 11.6. The third-order valence-electron chi connectivity index (χ3n) is 2.81. The van der Waals surface area contributed by atoms with Gasteiger partial charge in [-0.25, -0.2) is 0 Å². The van der Waals surface area contributed by atoms with Crippen molar-refractivity contribution in [3.05, 3.63) is 29.3 Å². The minimum Gasteiger partial charge on any atom is -0.396 e. The number of anilines is 1. The minimum absolute atomic E-state index is 0.0167. The van der Waals surface area contributed by atoms with E-state index in [1.165, 1.54) is 6.92 Å². The molecule has 0 radical (unpaired) electrons. The van der Waals surface area contributed by atoms with E-state index >= 15 is 0 Å². The number of Topliss-reactive ketones (excluding diaryl/α,β-unsaturated/α-hetero) is 1. The molecule has 0 fully saturated rings. The molecule has 0 aliphatic heterocycles. The van der Waals surface area contributed by atoms with E-state index < -0.39 is 0 Å². The lowest BCUT2D eigenvalue weighted by atomic mass is 10.1. The molecule has 0 atom stereocenters. The van der Waals surface area contributed by atoms with Gasteiger partial charge in [-0.1, -0.05) is 0 Å². The third-order valence-corrected chi connectivity index (χ3v) is 2.81. The van der Waals surface area contributed by atoms with Crippen molar-refractivity contribution < 1.29 is 9.90 Å². The monoisotopic (exact) mass is 246 g/mol. The van der Waals surface area contributed by atoms with Crippen LogP contribution in [0.5, 0.6) is 0 Å². The maximum Gasteiger partial charge on any atom is 0.161 e. The molecular weight excluding hydrogens is 228 g/mol. The average Bonchev–Trinajstić information content (AvgIpc) is 2.39. The van der Waals surface area contributed by atoms with Crippen LogP contribution in [0, 0.1) is 11.3 Å². The van der Waals surface area contributed by atoms with Gasteiger partial charge in [0.1, 0.15) is 0 Å². The molecule has 0 amide bonds. The van der Waals surface area contributed by atoms with E-state index in [0.717, 1.165) is 12.2 Å². The van der Waals surface area contributed by atoms with Crippen LogP contribution in [-0.2, 0) is 0 Å². The molecule has 0 bridgehead atoms. The summed E-state index contributed by atoms with van der Waals surface area (Å²) >= 11 is 0. The molecule has 18 heavy (non-hydrogen) atoms. The third kappa shape index (κ3) is 3.31. The number of benzene rings is 1. The van der Waals surface area contributed by atoms with E-state index in [9.17, 15) is 4.79 Å². The van der Waals surface area contributed by atoms with Gasteiger partial charge in [0.25, 0.3) is 0 Å². The van der Waals surface area contributed by atoms with Gasteiger partial charge in [-0.15, -0.1) is 0 Å². The molecular formula is C14H18N2O2. The van der Waals surface area contributed by atoms with Gasteiger partial charge in [-0.05, 0) is 38.5 Å². The van der Waals surface area contributed by atoms with E-state index in [2.05, 4.69) is 6.07 Å². The number of aliphatic hydroxyl groups is 1. The van der Waals surface area contributed by atoms with Gasteiger partial charge < -0.3 is 10.0 Å². The van der Waals surface area contributed by atoms with Gasteiger partial charge in [0.2, 0.25) is 0 Å². The second-order valence-electron chi connectivity index (χ2n) is 4.06. The number of rotatable bonds is 6. The Kier molecular flexibility index (Phi) is 5.34. The Bertz CT molecular complexity index is 463. The Hall–Kier alpha value is -1.86. The molecule has 0 aliphatic rings. The van der Waals surface area contributed by atoms with E-state index in [0.29, 0.717) is 24.1 Å². The summed E-state index contributed by atoms with van der Waals surface area (Å²) in [5, 5.41) is 17.8. The van der Waals surface area contributed by atoms with Crippen molar-refractivity contribution in [2.45, 2.75) is 20.3 Å². The highest BCUT2D eigenvalue weighted by Gasteiger charge is 2.13. The summed E-state index contributed by atoms with van der Waals surface area (Å²) in [5.41, 5.74) is 1.93. The molecule has 4 nitrogen and oxygen atoms in total. The summed E-state index contributed by atoms with van der Waals surface area (Å²) in [4.78, 5) is 13.6. The van der Waals surface area contributed by atoms with Crippen LogP contribution in [0.2, 0.25) is 0 Å². The number of aliphatic hydroxyl groups excluding tert-OH is 1. The molecule has 0 spiro atoms. The number of hydrogen-bond acceptors (Lipinski definition) is 4. The van der Waals surface area contributed by atoms with Crippen LogP contribution >= 0.6 is 0 Å². The SMILES string of the molecule is CCN(CCCO)c1cc(C#N)ccc1C(C)=O. The van der Waals surface area contributed by atoms with Gasteiger partial charge in [-0.2, -0.15) is 5.26 Å². The second kappa shape index (κ2) is 6.77. The molecule has 0 heterocycles. The first-order chi connectivity index (χ1) is 8.63. The van der Waals surface area contributed by atoms with Gasteiger partial charge in [-0.3, -0.25) is 4.79 Å². The molecule has 0 unspecified atom stereocenters. The van der Waals surface area contributed by atoms with Crippen molar-refractivity contribution in [3.8, 4) is 6.07 Å². The lowest BCUT2D eigenvalue weighted by molar-refractivity contribution is 0.101. The fourth-order valence-electron chi connectivity index (χ4n) is 1.87. The zero-order chi connectivity index (χ0) is 13.5. The van der Waals surface area contributed by atoms with Crippen LogP contribution in [0.15, 0.2) is 18.2 Å². The summed E-state index contributed by atoms with van der Waals surface area (Å²) in [7, 11) is 0. The quantitative estimate of drug-likeness (QED) is 0.779. The molecule has 1 aromatic rings. The maximum absolute atomic E-state index is 11.6. The molecule has 1 aromatic carbocycles. The lowest BCUT2D eigenvalue weighted by Crippen LogP contribution is -2.26. The van der Waals surface area contributed by atoms with Crippen LogP contribution in [0.3, 0.4) is 0 Å². The van der Waals surface area contributed by atoms with Crippen LogP contribution in [-0.4, -0.2) is 30.6 Å². The molecule has 1 rings (SSSR count). The summed E-state index contributed by atoms with van der Waals surface area (Å²) in [5.74, 6) is -0.0167. The van der Waals surface area contributed by atoms with E-state index in [4.69, 9.17) is 10.4 Å². The molecule has 1 N–H and O–H groups in total. The molecule has 0 aromatic heterocycles. The summed E-state index contributed by atoms with van der Waals surface area (Å²) in [6.45, 7) is 5.02.